The van der Waals surface area contributed by atoms with Crippen LogP contribution in [0.2, 0.25) is 0 Å². The van der Waals surface area contributed by atoms with E-state index in [4.69, 9.17) is 15.2 Å². The second kappa shape index (κ2) is 10.5. The molecule has 2 atom stereocenters. The second-order valence-electron chi connectivity index (χ2n) is 7.10. The highest BCUT2D eigenvalue weighted by Crippen LogP contribution is 2.35. The fourth-order valence-electron chi connectivity index (χ4n) is 3.71. The molecule has 0 bridgehead atoms. The average Bonchev–Trinajstić information content (AvgIpc) is 2.72. The van der Waals surface area contributed by atoms with Crippen molar-refractivity contribution in [3.63, 3.8) is 0 Å². The summed E-state index contributed by atoms with van der Waals surface area (Å²) in [6.45, 7) is 0.459. The summed E-state index contributed by atoms with van der Waals surface area (Å²) in [6.07, 6.45) is 5.22. The van der Waals surface area contributed by atoms with Crippen LogP contribution in [0.25, 0.3) is 0 Å². The molecule has 0 aliphatic heterocycles. The molecular weight excluding hydrogens is 362 g/mol. The summed E-state index contributed by atoms with van der Waals surface area (Å²) in [4.78, 5) is 0. The number of aliphatic hydroxyl groups is 1. The topological polar surface area (TPSA) is 64.7 Å². The number of benzene rings is 2. The van der Waals surface area contributed by atoms with Gasteiger partial charge in [0.2, 0.25) is 0 Å². The van der Waals surface area contributed by atoms with Crippen molar-refractivity contribution in [1.29, 1.82) is 0 Å². The minimum Gasteiger partial charge on any atom is -0.493 e. The number of nitrogens with two attached hydrogens (primary N) is 1. The first-order chi connectivity index (χ1) is 12.7. The van der Waals surface area contributed by atoms with Gasteiger partial charge in [-0.25, -0.2) is 0 Å². The van der Waals surface area contributed by atoms with E-state index in [0.29, 0.717) is 18.1 Å². The molecule has 5 heteroatoms. The van der Waals surface area contributed by atoms with Crippen molar-refractivity contribution in [2.75, 3.05) is 7.11 Å². The van der Waals surface area contributed by atoms with E-state index in [9.17, 15) is 5.11 Å². The molecule has 1 aliphatic rings. The lowest BCUT2D eigenvalue weighted by molar-refractivity contribution is 0.0617. The first kappa shape index (κ1) is 21.5. The van der Waals surface area contributed by atoms with Crippen LogP contribution in [0, 0.1) is 5.92 Å². The van der Waals surface area contributed by atoms with Crippen molar-refractivity contribution < 1.29 is 14.6 Å². The van der Waals surface area contributed by atoms with E-state index in [1.165, 1.54) is 19.3 Å². The zero-order chi connectivity index (χ0) is 18.4. The van der Waals surface area contributed by atoms with Gasteiger partial charge in [-0.15, -0.1) is 12.4 Å². The molecule has 0 amide bonds. The maximum atomic E-state index is 10.7. The number of rotatable bonds is 7. The number of aliphatic hydroxyl groups excluding tert-OH is 1. The lowest BCUT2D eigenvalue weighted by Gasteiger charge is -2.30. The Bertz CT molecular complexity index is 689. The highest BCUT2D eigenvalue weighted by Gasteiger charge is 2.28. The van der Waals surface area contributed by atoms with Crippen LogP contribution < -0.4 is 15.2 Å². The maximum Gasteiger partial charge on any atom is 0.161 e. The highest BCUT2D eigenvalue weighted by atomic mass is 35.5. The molecule has 148 valence electrons. The first-order valence-corrected chi connectivity index (χ1v) is 9.47. The fraction of sp³-hybridized carbons (Fsp3) is 0.455. The minimum absolute atomic E-state index is 0. The Kier molecular flexibility index (Phi) is 8.42. The van der Waals surface area contributed by atoms with Gasteiger partial charge in [0, 0.05) is 0 Å². The van der Waals surface area contributed by atoms with Crippen LogP contribution in [0.3, 0.4) is 0 Å². The van der Waals surface area contributed by atoms with Gasteiger partial charge in [-0.3, -0.25) is 0 Å². The molecule has 1 aliphatic carbocycles. The third-order valence-electron chi connectivity index (χ3n) is 5.31. The zero-order valence-corrected chi connectivity index (χ0v) is 16.7. The molecule has 0 radical (unpaired) electrons. The summed E-state index contributed by atoms with van der Waals surface area (Å²) in [5, 5.41) is 10.7. The van der Waals surface area contributed by atoms with Crippen molar-refractivity contribution in [2.24, 2.45) is 11.7 Å². The third kappa shape index (κ3) is 5.61. The molecule has 0 saturated heterocycles. The Morgan fingerprint density at radius 2 is 1.74 bits per heavy atom. The Morgan fingerprint density at radius 3 is 2.41 bits per heavy atom. The Labute approximate surface area is 168 Å². The van der Waals surface area contributed by atoms with E-state index in [-0.39, 0.29) is 18.3 Å². The predicted octanol–water partition coefficient (Wildman–Crippen LogP) is 4.64. The number of halogens is 1. The summed E-state index contributed by atoms with van der Waals surface area (Å²) in [7, 11) is 1.63. The Hall–Kier alpha value is -1.75. The molecule has 0 spiro atoms. The summed E-state index contributed by atoms with van der Waals surface area (Å²) >= 11 is 0. The van der Waals surface area contributed by atoms with Crippen LogP contribution >= 0.6 is 12.4 Å². The number of ether oxygens (including phenoxy) is 2. The molecule has 0 heterocycles. The average molecular weight is 392 g/mol. The quantitative estimate of drug-likeness (QED) is 0.721. The normalized spacial score (nSPS) is 16.9. The standard InChI is InChI=1S/C22H29NO3.ClH/c1-25-19-13-12-18(21(23)22(24)17-10-6-3-7-11-17)14-20(19)26-15-16-8-4-2-5-9-16;/h2,4-5,8-9,12-14,17,21-22,24H,3,6-7,10-11,15,23H2,1H3;1H/t21-,22+;/m0./s1. The molecule has 3 N–H and O–H groups in total. The van der Waals surface area contributed by atoms with Crippen LogP contribution in [0.5, 0.6) is 11.5 Å². The smallest absolute Gasteiger partial charge is 0.161 e. The Morgan fingerprint density at radius 1 is 1.04 bits per heavy atom. The van der Waals surface area contributed by atoms with E-state index in [1.54, 1.807) is 7.11 Å². The number of methoxy groups -OCH3 is 1. The maximum absolute atomic E-state index is 10.7. The lowest BCUT2D eigenvalue weighted by atomic mass is 9.81. The van der Waals surface area contributed by atoms with Crippen molar-refractivity contribution in [2.45, 2.75) is 50.9 Å². The SMILES string of the molecule is COc1ccc([C@H](N)[C@H](O)C2CCCCC2)cc1OCc1ccccc1.Cl. The molecule has 4 nitrogen and oxygen atoms in total. The molecule has 27 heavy (non-hydrogen) atoms. The summed E-state index contributed by atoms with van der Waals surface area (Å²) in [5.41, 5.74) is 8.36. The zero-order valence-electron chi connectivity index (χ0n) is 15.8. The van der Waals surface area contributed by atoms with Crippen LogP contribution in [0.4, 0.5) is 0 Å². The van der Waals surface area contributed by atoms with Crippen molar-refractivity contribution in [3.05, 3.63) is 59.7 Å². The van der Waals surface area contributed by atoms with E-state index >= 15 is 0 Å². The lowest BCUT2D eigenvalue weighted by Crippen LogP contribution is -2.34. The van der Waals surface area contributed by atoms with Gasteiger partial charge in [0.05, 0.1) is 19.3 Å². The van der Waals surface area contributed by atoms with Crippen LogP contribution in [0.15, 0.2) is 48.5 Å². The molecule has 2 aromatic rings. The van der Waals surface area contributed by atoms with E-state index in [2.05, 4.69) is 0 Å². The van der Waals surface area contributed by atoms with Crippen molar-refractivity contribution in [1.82, 2.24) is 0 Å². The third-order valence-corrected chi connectivity index (χ3v) is 5.31. The largest absolute Gasteiger partial charge is 0.493 e. The van der Waals surface area contributed by atoms with Gasteiger partial charge in [-0.2, -0.15) is 0 Å². The fourth-order valence-corrected chi connectivity index (χ4v) is 3.71. The van der Waals surface area contributed by atoms with Crippen molar-refractivity contribution >= 4 is 12.4 Å². The molecule has 0 aromatic heterocycles. The van der Waals surface area contributed by atoms with Gasteiger partial charge >= 0.3 is 0 Å². The molecule has 1 fully saturated rings. The van der Waals surface area contributed by atoms with Gasteiger partial charge in [0.15, 0.2) is 11.5 Å². The van der Waals surface area contributed by atoms with Crippen LogP contribution in [-0.4, -0.2) is 18.3 Å². The van der Waals surface area contributed by atoms with E-state index < -0.39 is 12.1 Å². The first-order valence-electron chi connectivity index (χ1n) is 9.47. The van der Waals surface area contributed by atoms with Crippen LogP contribution in [0.1, 0.15) is 49.3 Å². The van der Waals surface area contributed by atoms with Gasteiger partial charge < -0.3 is 20.3 Å². The monoisotopic (exact) mass is 391 g/mol. The summed E-state index contributed by atoms with van der Waals surface area (Å²) in [6, 6.07) is 15.3. The molecular formula is C22H30ClNO3. The summed E-state index contributed by atoms with van der Waals surface area (Å²) in [5.74, 6) is 1.61. The van der Waals surface area contributed by atoms with Gasteiger partial charge in [-0.05, 0) is 42.0 Å². The van der Waals surface area contributed by atoms with Crippen LogP contribution in [-0.2, 0) is 6.61 Å². The Balaban J connectivity index is 0.00000261. The van der Waals surface area contributed by atoms with Gasteiger partial charge in [0.1, 0.15) is 6.61 Å². The predicted molar refractivity (Wildman–Crippen MR) is 111 cm³/mol. The van der Waals surface area contributed by atoms with Gasteiger partial charge in [-0.1, -0.05) is 55.7 Å². The molecule has 3 rings (SSSR count). The van der Waals surface area contributed by atoms with E-state index in [1.807, 2.05) is 48.5 Å². The number of hydrogen-bond acceptors (Lipinski definition) is 4. The van der Waals surface area contributed by atoms with Gasteiger partial charge in [0.25, 0.3) is 0 Å². The second-order valence-corrected chi connectivity index (χ2v) is 7.10. The molecule has 2 aromatic carbocycles. The summed E-state index contributed by atoms with van der Waals surface area (Å²) < 4.78 is 11.4. The van der Waals surface area contributed by atoms with Crippen molar-refractivity contribution in [3.8, 4) is 11.5 Å². The highest BCUT2D eigenvalue weighted by molar-refractivity contribution is 5.85. The van der Waals surface area contributed by atoms with E-state index in [0.717, 1.165) is 24.0 Å². The molecule has 0 unspecified atom stereocenters. The number of hydrogen-bond donors (Lipinski definition) is 2. The minimum atomic E-state index is -0.523. The molecule has 1 saturated carbocycles.